The number of hydrogen-bond donors (Lipinski definition) is 0. The summed E-state index contributed by atoms with van der Waals surface area (Å²) in [6, 6.07) is 5.91. The second-order valence-electron chi connectivity index (χ2n) is 5.65. The fourth-order valence-corrected chi connectivity index (χ4v) is 2.30. The highest BCUT2D eigenvalue weighted by molar-refractivity contribution is 6.02. The normalized spacial score (nSPS) is 16.8. The average Bonchev–Trinajstić information content (AvgIpc) is 2.39. The maximum atomic E-state index is 12.5. The van der Waals surface area contributed by atoms with Crippen LogP contribution < -0.4 is 9.64 Å². The molecule has 0 bridgehead atoms. The molecule has 0 aromatic heterocycles. The van der Waals surface area contributed by atoms with E-state index >= 15 is 0 Å². The third-order valence-corrected chi connectivity index (χ3v) is 3.34. The van der Waals surface area contributed by atoms with Crippen LogP contribution in [0.3, 0.4) is 0 Å². The van der Waals surface area contributed by atoms with Gasteiger partial charge in [0.15, 0.2) is 5.60 Å². The van der Waals surface area contributed by atoms with Gasteiger partial charge in [-0.05, 0) is 44.9 Å². The first-order chi connectivity index (χ1) is 9.45. The van der Waals surface area contributed by atoms with E-state index in [-0.39, 0.29) is 5.91 Å². The Morgan fingerprint density at radius 1 is 1.30 bits per heavy atom. The summed E-state index contributed by atoms with van der Waals surface area (Å²) >= 11 is 0. The van der Waals surface area contributed by atoms with E-state index in [2.05, 4.69) is 6.92 Å². The quantitative estimate of drug-likeness (QED) is 0.777. The Kier molecular flexibility index (Phi) is 4.33. The first-order valence-electron chi connectivity index (χ1n) is 7.15. The van der Waals surface area contributed by atoms with Crippen molar-refractivity contribution >= 4 is 11.6 Å². The molecule has 0 unspecified atom stereocenters. The zero-order valence-corrected chi connectivity index (χ0v) is 12.7. The molecule has 4 heteroatoms. The summed E-state index contributed by atoms with van der Waals surface area (Å²) in [5.74, 6) is 0.742. The summed E-state index contributed by atoms with van der Waals surface area (Å²) in [6.45, 7) is 9.52. The van der Waals surface area contributed by atoms with Crippen LogP contribution in [0.25, 0.3) is 0 Å². The van der Waals surface area contributed by atoms with Crippen LogP contribution in [0.5, 0.6) is 5.75 Å². The average molecular weight is 277 g/mol. The molecule has 0 saturated carbocycles. The molecule has 1 aliphatic rings. The van der Waals surface area contributed by atoms with Gasteiger partial charge in [-0.25, -0.2) is 0 Å². The fourth-order valence-electron chi connectivity index (χ4n) is 2.30. The largest absolute Gasteiger partial charge is 0.476 e. The molecule has 110 valence electrons. The molecular formula is C16H23NO3. The summed E-state index contributed by atoms with van der Waals surface area (Å²) in [6.07, 6.45) is 0.984. The van der Waals surface area contributed by atoms with Crippen LogP contribution in [0.15, 0.2) is 18.2 Å². The molecule has 0 aliphatic carbocycles. The molecule has 1 amide bonds. The lowest BCUT2D eigenvalue weighted by Crippen LogP contribution is -2.53. The van der Waals surface area contributed by atoms with Crippen LogP contribution in [0, 0.1) is 6.92 Å². The minimum absolute atomic E-state index is 0.0179. The van der Waals surface area contributed by atoms with Crippen molar-refractivity contribution in [2.45, 2.75) is 39.7 Å². The predicted octanol–water partition coefficient (Wildman–Crippen LogP) is 2.93. The Hall–Kier alpha value is -1.55. The van der Waals surface area contributed by atoms with Gasteiger partial charge in [0.1, 0.15) is 5.75 Å². The molecule has 4 nitrogen and oxygen atoms in total. The van der Waals surface area contributed by atoms with Crippen molar-refractivity contribution in [1.29, 1.82) is 0 Å². The van der Waals surface area contributed by atoms with Gasteiger partial charge >= 0.3 is 0 Å². The fraction of sp³-hybridized carbons (Fsp3) is 0.562. The summed E-state index contributed by atoms with van der Waals surface area (Å²) in [7, 11) is 0. The van der Waals surface area contributed by atoms with Gasteiger partial charge in [-0.1, -0.05) is 13.0 Å². The molecule has 0 saturated heterocycles. The highest BCUT2D eigenvalue weighted by atomic mass is 16.5. The second-order valence-corrected chi connectivity index (χ2v) is 5.65. The van der Waals surface area contributed by atoms with Crippen molar-refractivity contribution in [1.82, 2.24) is 0 Å². The smallest absolute Gasteiger partial charge is 0.270 e. The molecule has 1 aromatic carbocycles. The highest BCUT2D eigenvalue weighted by Gasteiger charge is 2.40. The lowest BCUT2D eigenvalue weighted by Gasteiger charge is -2.38. The Bertz CT molecular complexity index is 496. The van der Waals surface area contributed by atoms with Gasteiger partial charge in [-0.3, -0.25) is 4.79 Å². The number of benzene rings is 1. The van der Waals surface area contributed by atoms with Crippen LogP contribution in [-0.4, -0.2) is 31.3 Å². The summed E-state index contributed by atoms with van der Waals surface area (Å²) < 4.78 is 11.3. The molecule has 0 atom stereocenters. The topological polar surface area (TPSA) is 38.8 Å². The molecule has 1 aromatic rings. The minimum Gasteiger partial charge on any atom is -0.476 e. The van der Waals surface area contributed by atoms with E-state index in [1.165, 1.54) is 0 Å². The lowest BCUT2D eigenvalue weighted by molar-refractivity contribution is -0.132. The van der Waals surface area contributed by atoms with E-state index in [1.807, 2.05) is 25.1 Å². The number of amides is 1. The van der Waals surface area contributed by atoms with Crippen molar-refractivity contribution in [3.8, 4) is 5.75 Å². The standard InChI is InChI=1S/C16H23NO3/c1-5-9-19-10-8-17-13-11-12(2)6-7-14(13)20-16(3,4)15(17)18/h6-7,11H,5,8-10H2,1-4H3. The third kappa shape index (κ3) is 2.96. The van der Waals surface area contributed by atoms with Crippen molar-refractivity contribution in [3.05, 3.63) is 23.8 Å². The van der Waals surface area contributed by atoms with Crippen molar-refractivity contribution in [3.63, 3.8) is 0 Å². The van der Waals surface area contributed by atoms with Crippen molar-refractivity contribution < 1.29 is 14.3 Å². The van der Waals surface area contributed by atoms with Crippen LogP contribution in [0.4, 0.5) is 5.69 Å². The molecule has 0 radical (unpaired) electrons. The van der Waals surface area contributed by atoms with E-state index in [9.17, 15) is 4.79 Å². The van der Waals surface area contributed by atoms with E-state index < -0.39 is 5.60 Å². The number of anilines is 1. The van der Waals surface area contributed by atoms with Crippen LogP contribution in [-0.2, 0) is 9.53 Å². The second kappa shape index (κ2) is 5.83. The number of aryl methyl sites for hydroxylation is 1. The summed E-state index contributed by atoms with van der Waals surface area (Å²) in [5.41, 5.74) is 1.13. The molecule has 0 spiro atoms. The van der Waals surface area contributed by atoms with Crippen molar-refractivity contribution in [2.75, 3.05) is 24.7 Å². The van der Waals surface area contributed by atoms with E-state index in [0.717, 1.165) is 30.0 Å². The van der Waals surface area contributed by atoms with Gasteiger partial charge in [0.2, 0.25) is 0 Å². The van der Waals surface area contributed by atoms with Crippen LogP contribution >= 0.6 is 0 Å². The zero-order valence-electron chi connectivity index (χ0n) is 12.7. The molecule has 20 heavy (non-hydrogen) atoms. The van der Waals surface area contributed by atoms with E-state index in [1.54, 1.807) is 18.7 Å². The number of ether oxygens (including phenoxy) is 2. The van der Waals surface area contributed by atoms with Gasteiger partial charge < -0.3 is 14.4 Å². The number of carbonyl (C=O) groups is 1. The SMILES string of the molecule is CCCOCCN1C(=O)C(C)(C)Oc2ccc(C)cc21. The first-order valence-corrected chi connectivity index (χ1v) is 7.15. The third-order valence-electron chi connectivity index (χ3n) is 3.34. The number of carbonyl (C=O) groups excluding carboxylic acids is 1. The highest BCUT2D eigenvalue weighted by Crippen LogP contribution is 2.38. The van der Waals surface area contributed by atoms with Gasteiger partial charge in [-0.15, -0.1) is 0 Å². The van der Waals surface area contributed by atoms with Gasteiger partial charge in [0, 0.05) is 13.2 Å². The Morgan fingerprint density at radius 2 is 2.05 bits per heavy atom. The molecule has 0 N–H and O–H groups in total. The monoisotopic (exact) mass is 277 g/mol. The maximum absolute atomic E-state index is 12.5. The van der Waals surface area contributed by atoms with Gasteiger partial charge in [-0.2, -0.15) is 0 Å². The molecule has 2 rings (SSSR count). The summed E-state index contributed by atoms with van der Waals surface area (Å²) in [5, 5.41) is 0. The minimum atomic E-state index is -0.826. The number of fused-ring (bicyclic) bond motifs is 1. The first kappa shape index (κ1) is 14.9. The number of nitrogens with zero attached hydrogens (tertiary/aromatic N) is 1. The Labute approximate surface area is 120 Å². The van der Waals surface area contributed by atoms with Crippen LogP contribution in [0.1, 0.15) is 32.8 Å². The lowest BCUT2D eigenvalue weighted by atomic mass is 10.0. The molecule has 0 fully saturated rings. The Morgan fingerprint density at radius 3 is 2.75 bits per heavy atom. The van der Waals surface area contributed by atoms with E-state index in [0.29, 0.717) is 13.2 Å². The van der Waals surface area contributed by atoms with Gasteiger partial charge in [0.25, 0.3) is 5.91 Å². The molecule has 1 heterocycles. The van der Waals surface area contributed by atoms with Crippen LogP contribution in [0.2, 0.25) is 0 Å². The molecule has 1 aliphatic heterocycles. The number of hydrogen-bond acceptors (Lipinski definition) is 3. The molecular weight excluding hydrogens is 254 g/mol. The zero-order chi connectivity index (χ0) is 14.8. The van der Waals surface area contributed by atoms with E-state index in [4.69, 9.17) is 9.47 Å². The summed E-state index contributed by atoms with van der Waals surface area (Å²) in [4.78, 5) is 14.3. The van der Waals surface area contributed by atoms with Crippen molar-refractivity contribution in [2.24, 2.45) is 0 Å². The number of rotatable bonds is 5. The maximum Gasteiger partial charge on any atom is 0.270 e. The Balaban J connectivity index is 2.23. The predicted molar refractivity (Wildman–Crippen MR) is 79.3 cm³/mol. The van der Waals surface area contributed by atoms with Gasteiger partial charge in [0.05, 0.1) is 12.3 Å².